The van der Waals surface area contributed by atoms with E-state index >= 15 is 0 Å². The molecule has 0 aliphatic heterocycles. The summed E-state index contributed by atoms with van der Waals surface area (Å²) in [6.07, 6.45) is 6.54. The maximum Gasteiger partial charge on any atom is 0.293 e. The van der Waals surface area contributed by atoms with E-state index in [-0.39, 0.29) is 0 Å². The lowest BCUT2D eigenvalue weighted by atomic mass is 10.0. The van der Waals surface area contributed by atoms with Gasteiger partial charge in [-0.25, -0.2) is 0 Å². The van der Waals surface area contributed by atoms with Crippen molar-refractivity contribution < 1.29 is 14.6 Å². The molecule has 3 nitrogen and oxygen atoms in total. The van der Waals surface area contributed by atoms with Crippen LogP contribution >= 0.6 is 0 Å². The Morgan fingerprint density at radius 3 is 2.75 bits per heavy atom. The molecule has 0 rings (SSSR count). The Morgan fingerprint density at radius 2 is 2.12 bits per heavy atom. The topological polar surface area (TPSA) is 46.5 Å². The van der Waals surface area contributed by atoms with Crippen molar-refractivity contribution in [3.63, 3.8) is 0 Å². The molecule has 1 atom stereocenters. The second-order valence-corrected chi connectivity index (χ2v) is 4.09. The Balaban J connectivity index is 3.45. The predicted octanol–water partition coefficient (Wildman–Crippen LogP) is 2.83. The molecule has 0 bridgehead atoms. The van der Waals surface area contributed by atoms with Crippen LogP contribution in [0.3, 0.4) is 0 Å². The van der Waals surface area contributed by atoms with Crippen molar-refractivity contribution in [3.8, 4) is 0 Å². The van der Waals surface area contributed by atoms with Gasteiger partial charge in [-0.2, -0.15) is 0 Å². The van der Waals surface area contributed by atoms with Gasteiger partial charge in [0.1, 0.15) is 0 Å². The van der Waals surface area contributed by atoms with E-state index in [1.54, 1.807) is 0 Å². The first-order valence-corrected chi connectivity index (χ1v) is 6.13. The average Bonchev–Trinajstić information content (AvgIpc) is 2.29. The van der Waals surface area contributed by atoms with E-state index in [4.69, 9.17) is 0 Å². The molecule has 0 aliphatic rings. The molecule has 3 heteroatoms. The zero-order valence-corrected chi connectivity index (χ0v) is 10.3. The molecule has 1 N–H and O–H groups in total. The number of unbranched alkanes of at least 4 members (excludes halogenated alkanes) is 3. The maximum atomic E-state index is 9.89. The normalized spacial score (nSPS) is 12.1. The molecule has 0 aromatic carbocycles. The van der Waals surface area contributed by atoms with Crippen molar-refractivity contribution in [2.75, 3.05) is 6.61 Å². The van der Waals surface area contributed by atoms with Gasteiger partial charge in [-0.05, 0) is 24.8 Å². The van der Waals surface area contributed by atoms with Gasteiger partial charge in [-0.3, -0.25) is 4.79 Å². The predicted molar refractivity (Wildman–Crippen MR) is 65.2 cm³/mol. The Morgan fingerprint density at radius 1 is 1.38 bits per heavy atom. The van der Waals surface area contributed by atoms with Gasteiger partial charge in [0.05, 0.1) is 12.7 Å². The number of ether oxygens (including phenoxy) is 1. The maximum absolute atomic E-state index is 9.89. The summed E-state index contributed by atoms with van der Waals surface area (Å²) in [5.41, 5.74) is 0.853. The number of hydrogen-bond acceptors (Lipinski definition) is 3. The first kappa shape index (κ1) is 15.2. The third kappa shape index (κ3) is 8.48. The quantitative estimate of drug-likeness (QED) is 0.336. The molecule has 16 heavy (non-hydrogen) atoms. The number of carbonyl (C=O) groups is 1. The molecule has 94 valence electrons. The Labute approximate surface area is 98.5 Å². The van der Waals surface area contributed by atoms with Crippen LogP contribution in [0, 0.1) is 0 Å². The molecule has 0 spiro atoms. The summed E-state index contributed by atoms with van der Waals surface area (Å²) in [4.78, 5) is 9.89. The average molecular weight is 228 g/mol. The van der Waals surface area contributed by atoms with Crippen LogP contribution in [-0.2, 0) is 9.53 Å². The Kier molecular flexibility index (Phi) is 10.1. The minimum absolute atomic E-state index is 0.395. The first-order chi connectivity index (χ1) is 7.72. The fraction of sp³-hybridized carbons (Fsp3) is 0.769. The van der Waals surface area contributed by atoms with Gasteiger partial charge < -0.3 is 9.84 Å². The summed E-state index contributed by atoms with van der Waals surface area (Å²) < 4.78 is 4.57. The number of rotatable bonds is 11. The summed E-state index contributed by atoms with van der Waals surface area (Å²) in [5, 5.41) is 9.76. The van der Waals surface area contributed by atoms with Gasteiger partial charge in [0.2, 0.25) is 0 Å². The molecule has 0 aromatic heterocycles. The van der Waals surface area contributed by atoms with Gasteiger partial charge >= 0.3 is 0 Å². The first-order valence-electron chi connectivity index (χ1n) is 6.13. The highest BCUT2D eigenvalue weighted by Crippen LogP contribution is 2.14. The molecule has 0 aliphatic carbocycles. The summed E-state index contributed by atoms with van der Waals surface area (Å²) in [7, 11) is 0. The molecule has 0 fully saturated rings. The van der Waals surface area contributed by atoms with Crippen LogP contribution in [0.1, 0.15) is 51.9 Å². The van der Waals surface area contributed by atoms with Crippen LogP contribution in [-0.4, -0.2) is 24.3 Å². The van der Waals surface area contributed by atoms with Crippen LogP contribution < -0.4 is 0 Å². The van der Waals surface area contributed by atoms with Crippen LogP contribution in [0.25, 0.3) is 0 Å². The lowest BCUT2D eigenvalue weighted by molar-refractivity contribution is -0.128. The summed E-state index contributed by atoms with van der Waals surface area (Å²) in [6.45, 7) is 6.88. The molecular weight excluding hydrogens is 204 g/mol. The third-order valence-corrected chi connectivity index (χ3v) is 2.63. The standard InChI is InChI=1S/C13H24O3/c1-3-4-5-6-9-13(15)12(2)8-7-10-16-11-14/h11,13,15H,2-10H2,1H3. The molecule has 0 aromatic rings. The van der Waals surface area contributed by atoms with Gasteiger partial charge in [0.25, 0.3) is 6.47 Å². The fourth-order valence-corrected chi connectivity index (χ4v) is 1.57. The van der Waals surface area contributed by atoms with E-state index in [1.165, 1.54) is 19.3 Å². The van der Waals surface area contributed by atoms with Gasteiger partial charge in [0.15, 0.2) is 0 Å². The Hall–Kier alpha value is -0.830. The fourth-order valence-electron chi connectivity index (χ4n) is 1.57. The van der Waals surface area contributed by atoms with Crippen molar-refractivity contribution in [1.29, 1.82) is 0 Å². The zero-order chi connectivity index (χ0) is 12.2. The molecule has 0 saturated heterocycles. The van der Waals surface area contributed by atoms with Crippen LogP contribution in [0.2, 0.25) is 0 Å². The van der Waals surface area contributed by atoms with E-state index in [2.05, 4.69) is 18.2 Å². The monoisotopic (exact) mass is 228 g/mol. The largest absolute Gasteiger partial charge is 0.468 e. The Bertz CT molecular complexity index is 190. The van der Waals surface area contributed by atoms with Crippen molar-refractivity contribution >= 4 is 6.47 Å². The summed E-state index contributed by atoms with van der Waals surface area (Å²) in [6, 6.07) is 0. The van der Waals surface area contributed by atoms with Crippen molar-refractivity contribution in [1.82, 2.24) is 0 Å². The minimum Gasteiger partial charge on any atom is -0.468 e. The number of aliphatic hydroxyl groups is 1. The molecule has 0 saturated carbocycles. The van der Waals surface area contributed by atoms with Crippen LogP contribution in [0.15, 0.2) is 12.2 Å². The second kappa shape index (κ2) is 10.7. The lowest BCUT2D eigenvalue weighted by Crippen LogP contribution is -2.10. The van der Waals surface area contributed by atoms with E-state index in [9.17, 15) is 9.90 Å². The zero-order valence-electron chi connectivity index (χ0n) is 10.3. The SMILES string of the molecule is C=C(CCCOC=O)C(O)CCCCCC. The molecule has 0 radical (unpaired) electrons. The third-order valence-electron chi connectivity index (χ3n) is 2.63. The van der Waals surface area contributed by atoms with Crippen molar-refractivity contribution in [2.45, 2.75) is 58.0 Å². The van der Waals surface area contributed by atoms with Crippen LogP contribution in [0.5, 0.6) is 0 Å². The highest BCUT2D eigenvalue weighted by Gasteiger charge is 2.07. The highest BCUT2D eigenvalue weighted by molar-refractivity contribution is 5.36. The molecule has 0 amide bonds. The van der Waals surface area contributed by atoms with Crippen LogP contribution in [0.4, 0.5) is 0 Å². The second-order valence-electron chi connectivity index (χ2n) is 4.09. The summed E-state index contributed by atoms with van der Waals surface area (Å²) in [5.74, 6) is 0. The minimum atomic E-state index is -0.395. The number of aliphatic hydroxyl groups excluding tert-OH is 1. The highest BCUT2D eigenvalue weighted by atomic mass is 16.5. The molecular formula is C13H24O3. The van der Waals surface area contributed by atoms with Gasteiger partial charge in [-0.1, -0.05) is 39.2 Å². The lowest BCUT2D eigenvalue weighted by Gasteiger charge is -2.13. The van der Waals surface area contributed by atoms with E-state index in [1.807, 2.05) is 0 Å². The van der Waals surface area contributed by atoms with E-state index in [0.717, 1.165) is 31.3 Å². The summed E-state index contributed by atoms with van der Waals surface area (Å²) >= 11 is 0. The molecule has 0 heterocycles. The van der Waals surface area contributed by atoms with Crippen molar-refractivity contribution in [3.05, 3.63) is 12.2 Å². The number of hydrogen-bond donors (Lipinski definition) is 1. The number of carbonyl (C=O) groups excluding carboxylic acids is 1. The van der Waals surface area contributed by atoms with Gasteiger partial charge in [-0.15, -0.1) is 0 Å². The van der Waals surface area contributed by atoms with Crippen molar-refractivity contribution in [2.24, 2.45) is 0 Å². The van der Waals surface area contributed by atoms with Gasteiger partial charge in [0, 0.05) is 0 Å². The smallest absolute Gasteiger partial charge is 0.293 e. The van der Waals surface area contributed by atoms with E-state index in [0.29, 0.717) is 13.1 Å². The molecule has 1 unspecified atom stereocenters. The van der Waals surface area contributed by atoms with E-state index < -0.39 is 6.10 Å².